The van der Waals surface area contributed by atoms with Gasteiger partial charge < -0.3 is 5.73 Å². The Morgan fingerprint density at radius 1 is 1.72 bits per heavy atom. The molecule has 0 heterocycles. The molecule has 0 radical (unpaired) electrons. The molecule has 1 unspecified atom stereocenters. The molecule has 0 saturated heterocycles. The van der Waals surface area contributed by atoms with E-state index in [1.165, 1.54) is 0 Å². The third-order valence-electron chi connectivity index (χ3n) is 3.56. The molecule has 1 amide bonds. The summed E-state index contributed by atoms with van der Waals surface area (Å²) < 4.78 is 33.2. The summed E-state index contributed by atoms with van der Waals surface area (Å²) in [7, 11) is 0. The molecule has 0 aromatic heterocycles. The first kappa shape index (κ1) is 8.00. The molecule has 2 N–H and O–H groups in total. The first-order chi connectivity index (χ1) is 10.1. The van der Waals surface area contributed by atoms with Crippen LogP contribution in [-0.2, 0) is 11.2 Å². The Morgan fingerprint density at radius 2 is 2.50 bits per heavy atom. The lowest BCUT2D eigenvalue weighted by molar-refractivity contribution is -0.121. The van der Waals surface area contributed by atoms with Crippen molar-refractivity contribution in [1.82, 2.24) is 0 Å². The van der Waals surface area contributed by atoms with Crippen LogP contribution in [0.15, 0.2) is 17.7 Å². The molecule has 1 aromatic rings. The van der Waals surface area contributed by atoms with Crippen molar-refractivity contribution in [2.45, 2.75) is 32.6 Å². The predicted octanol–water partition coefficient (Wildman–Crippen LogP) is 3.24. The Balaban J connectivity index is 2.31. The van der Waals surface area contributed by atoms with Crippen molar-refractivity contribution < 1.29 is 10.3 Å². The fraction of sp³-hybridized carbons (Fsp3) is 0.400. The molecular formula is C15H16ClNO. The van der Waals surface area contributed by atoms with Crippen LogP contribution in [0.5, 0.6) is 0 Å². The number of hydrogen-bond donors (Lipinski definition) is 1. The first-order valence-electron chi connectivity index (χ1n) is 7.92. The number of primary amides is 1. The molecule has 2 nitrogen and oxygen atoms in total. The number of nitrogens with two attached hydrogens (primary N) is 1. The topological polar surface area (TPSA) is 43.1 Å². The van der Waals surface area contributed by atoms with Crippen molar-refractivity contribution in [3.8, 4) is 0 Å². The number of rotatable bonds is 1. The number of halogens is 1. The molecule has 94 valence electrons. The van der Waals surface area contributed by atoms with E-state index in [1.54, 1.807) is 13.0 Å². The smallest absolute Gasteiger partial charge is 0.224 e. The lowest BCUT2D eigenvalue weighted by Gasteiger charge is -2.22. The van der Waals surface area contributed by atoms with E-state index in [1.807, 2.05) is 0 Å². The molecule has 1 atom stereocenters. The monoisotopic (exact) mass is 265 g/mol. The molecule has 0 aliphatic heterocycles. The van der Waals surface area contributed by atoms with Gasteiger partial charge in [-0.05, 0) is 66.5 Å². The van der Waals surface area contributed by atoms with E-state index in [9.17, 15) is 4.79 Å². The van der Waals surface area contributed by atoms with Gasteiger partial charge in [-0.2, -0.15) is 0 Å². The predicted molar refractivity (Wildman–Crippen MR) is 73.3 cm³/mol. The molecule has 0 fully saturated rings. The van der Waals surface area contributed by atoms with E-state index in [0.717, 1.165) is 0 Å². The van der Waals surface area contributed by atoms with Crippen molar-refractivity contribution in [2.75, 3.05) is 0 Å². The van der Waals surface area contributed by atoms with E-state index < -0.39 is 18.2 Å². The highest BCUT2D eigenvalue weighted by molar-refractivity contribution is 6.31. The molecule has 3 rings (SSSR count). The standard InChI is InChI=1S/C15H16ClNO/c1-8-5-9-6-13-10(12(9)7-14(8)16)3-2-4-11(13)15(17)18/h5,7,11H,2-4,6H2,1H3,(H2,17,18)/i3D2,5D,11D. The number of fused-ring (bicyclic) bond motifs is 2. The van der Waals surface area contributed by atoms with E-state index in [0.29, 0.717) is 32.9 Å². The fourth-order valence-corrected chi connectivity index (χ4v) is 2.82. The fourth-order valence-electron chi connectivity index (χ4n) is 2.66. The van der Waals surface area contributed by atoms with Gasteiger partial charge in [0, 0.05) is 9.13 Å². The highest BCUT2D eigenvalue weighted by Crippen LogP contribution is 2.45. The molecule has 0 bridgehead atoms. The van der Waals surface area contributed by atoms with Crippen LogP contribution < -0.4 is 5.73 Å². The lowest BCUT2D eigenvalue weighted by atomic mass is 9.82. The van der Waals surface area contributed by atoms with Crippen LogP contribution in [0.2, 0.25) is 5.02 Å². The molecule has 0 saturated carbocycles. The highest BCUT2D eigenvalue weighted by atomic mass is 35.5. The second-order valence-electron chi connectivity index (χ2n) is 4.68. The average molecular weight is 266 g/mol. The van der Waals surface area contributed by atoms with Crippen LogP contribution in [0.3, 0.4) is 0 Å². The zero-order valence-electron chi connectivity index (χ0n) is 14.1. The lowest BCUT2D eigenvalue weighted by Crippen LogP contribution is -2.27. The summed E-state index contributed by atoms with van der Waals surface area (Å²) in [5.74, 6) is -2.37. The average Bonchev–Trinajstić information content (AvgIpc) is 2.82. The molecular weight excluding hydrogens is 246 g/mol. The highest BCUT2D eigenvalue weighted by Gasteiger charge is 2.33. The Labute approximate surface area is 117 Å². The summed E-state index contributed by atoms with van der Waals surface area (Å²) in [5, 5.41) is 0.397. The summed E-state index contributed by atoms with van der Waals surface area (Å²) >= 11 is 6.15. The third-order valence-corrected chi connectivity index (χ3v) is 3.95. The van der Waals surface area contributed by atoms with Gasteiger partial charge in [0.1, 0.15) is 0 Å². The van der Waals surface area contributed by atoms with Gasteiger partial charge in [0.05, 0.1) is 7.26 Å². The van der Waals surface area contributed by atoms with Crippen molar-refractivity contribution in [2.24, 2.45) is 11.6 Å². The first-order valence-corrected chi connectivity index (χ1v) is 6.30. The van der Waals surface area contributed by atoms with Crippen molar-refractivity contribution in [1.29, 1.82) is 0 Å². The molecule has 1 aromatic carbocycles. The van der Waals surface area contributed by atoms with Crippen molar-refractivity contribution in [3.05, 3.63) is 39.4 Å². The van der Waals surface area contributed by atoms with Gasteiger partial charge in [0.2, 0.25) is 5.91 Å². The summed E-state index contributed by atoms with van der Waals surface area (Å²) in [5.41, 5.74) is 7.95. The summed E-state index contributed by atoms with van der Waals surface area (Å²) in [6, 6.07) is 1.90. The van der Waals surface area contributed by atoms with Gasteiger partial charge in [0.15, 0.2) is 0 Å². The second kappa shape index (κ2) is 4.13. The zero-order valence-corrected chi connectivity index (χ0v) is 10.8. The van der Waals surface area contributed by atoms with Gasteiger partial charge >= 0.3 is 0 Å². The van der Waals surface area contributed by atoms with E-state index in [4.69, 9.17) is 22.8 Å². The Morgan fingerprint density at radius 3 is 3.22 bits per heavy atom. The van der Waals surface area contributed by atoms with E-state index in [-0.39, 0.29) is 25.3 Å². The van der Waals surface area contributed by atoms with Gasteiger partial charge in [-0.1, -0.05) is 17.6 Å². The molecule has 2 aliphatic carbocycles. The van der Waals surface area contributed by atoms with Gasteiger partial charge in [0.25, 0.3) is 0 Å². The van der Waals surface area contributed by atoms with Gasteiger partial charge in [-0.15, -0.1) is 0 Å². The summed E-state index contributed by atoms with van der Waals surface area (Å²) in [4.78, 5) is 11.8. The normalized spacial score (nSPS) is 31.9. The van der Waals surface area contributed by atoms with Crippen LogP contribution in [0, 0.1) is 12.8 Å². The minimum Gasteiger partial charge on any atom is -0.369 e. The Hall–Kier alpha value is -1.28. The van der Waals surface area contributed by atoms with Crippen LogP contribution in [0.4, 0.5) is 0 Å². The molecule has 3 heteroatoms. The Bertz CT molecular complexity index is 744. The maximum absolute atomic E-state index is 11.8. The summed E-state index contributed by atoms with van der Waals surface area (Å²) in [6.45, 7) is 1.74. The number of hydrogen-bond acceptors (Lipinski definition) is 1. The van der Waals surface area contributed by atoms with Crippen LogP contribution in [-0.4, -0.2) is 5.91 Å². The van der Waals surface area contributed by atoms with Crippen LogP contribution in [0.25, 0.3) is 5.57 Å². The third kappa shape index (κ3) is 1.67. The minimum atomic E-state index is -1.65. The number of allylic oxidation sites excluding steroid dienone is 1. The zero-order chi connectivity index (χ0) is 16.4. The van der Waals surface area contributed by atoms with Crippen molar-refractivity contribution in [3.63, 3.8) is 0 Å². The SMILES string of the molecule is [2H]c1c(C)c(Cl)cc2c1CC1=C2C([2H])([2H])CCC1([2H])C(N)=O. The number of carbonyl (C=O) groups excluding carboxylic acids is 1. The maximum atomic E-state index is 11.8. The molecule has 18 heavy (non-hydrogen) atoms. The maximum Gasteiger partial charge on any atom is 0.224 e. The van der Waals surface area contributed by atoms with Gasteiger partial charge in [-0.3, -0.25) is 4.79 Å². The minimum absolute atomic E-state index is 0.0521. The second-order valence-corrected chi connectivity index (χ2v) is 5.09. The molecule has 2 aliphatic rings. The number of benzene rings is 1. The van der Waals surface area contributed by atoms with Gasteiger partial charge in [-0.25, -0.2) is 0 Å². The number of carbonyl (C=O) groups is 1. The van der Waals surface area contributed by atoms with E-state index in [2.05, 4.69) is 0 Å². The van der Waals surface area contributed by atoms with Crippen LogP contribution in [0.1, 0.15) is 41.4 Å². The van der Waals surface area contributed by atoms with Crippen LogP contribution >= 0.6 is 11.6 Å². The summed E-state index contributed by atoms with van der Waals surface area (Å²) in [6.07, 6.45) is -1.32. The Kier molecular flexibility index (Phi) is 1.84. The molecule has 0 spiro atoms. The van der Waals surface area contributed by atoms with Crippen molar-refractivity contribution >= 4 is 23.1 Å². The largest absolute Gasteiger partial charge is 0.369 e. The number of amides is 1. The van der Waals surface area contributed by atoms with E-state index >= 15 is 0 Å². The quantitative estimate of drug-likeness (QED) is 0.832.